The third-order valence-electron chi connectivity index (χ3n) is 5.51. The molecule has 2 aromatic rings. The van der Waals surface area contributed by atoms with Gasteiger partial charge in [0.25, 0.3) is 0 Å². The molecule has 8 nitrogen and oxygen atoms in total. The van der Waals surface area contributed by atoms with E-state index in [1.165, 1.54) is 0 Å². The van der Waals surface area contributed by atoms with Gasteiger partial charge in [-0.25, -0.2) is 0 Å². The smallest absolute Gasteiger partial charge is 0.231 e. The van der Waals surface area contributed by atoms with Crippen molar-refractivity contribution in [3.63, 3.8) is 0 Å². The molecule has 2 heterocycles. The zero-order valence-electron chi connectivity index (χ0n) is 16.9. The highest BCUT2D eigenvalue weighted by Gasteiger charge is 2.46. The first kappa shape index (κ1) is 22.1. The predicted octanol–water partition coefficient (Wildman–Crippen LogP) is 1.57. The number of ether oxygens (including phenoxy) is 4. The van der Waals surface area contributed by atoms with E-state index in [0.717, 1.165) is 11.3 Å². The van der Waals surface area contributed by atoms with Crippen molar-refractivity contribution in [2.45, 2.75) is 43.9 Å². The molecule has 2 aliphatic heterocycles. The standard InChI is InChI=1S/C22H25ClO8/c1-2-28-13-5-3-11(4-6-13)7-12-8-14(21-22(16(12)23)30-10-29-21)20-19(27)18(26)17(25)15(9-24)31-20/h3-6,8,15,17-20,24-27H,2,7,9-10H2,1H3/t15-,17-,18+,19-,20+/m1/s1. The third kappa shape index (κ3) is 4.19. The van der Waals surface area contributed by atoms with Crippen LogP contribution in [0.1, 0.15) is 29.7 Å². The van der Waals surface area contributed by atoms with E-state index < -0.39 is 37.1 Å². The number of fused-ring (bicyclic) bond motifs is 1. The van der Waals surface area contributed by atoms with Gasteiger partial charge in [-0.3, -0.25) is 0 Å². The monoisotopic (exact) mass is 452 g/mol. The summed E-state index contributed by atoms with van der Waals surface area (Å²) < 4.78 is 22.3. The van der Waals surface area contributed by atoms with Gasteiger partial charge in [-0.2, -0.15) is 0 Å². The molecule has 2 aliphatic rings. The van der Waals surface area contributed by atoms with Crippen LogP contribution in [-0.2, 0) is 11.2 Å². The van der Waals surface area contributed by atoms with Crippen LogP contribution in [0.2, 0.25) is 5.02 Å². The largest absolute Gasteiger partial charge is 0.494 e. The van der Waals surface area contributed by atoms with Gasteiger partial charge in [0.05, 0.1) is 18.2 Å². The summed E-state index contributed by atoms with van der Waals surface area (Å²) in [6, 6.07) is 9.34. The summed E-state index contributed by atoms with van der Waals surface area (Å²) in [5.41, 5.74) is 2.11. The number of rotatable bonds is 6. The van der Waals surface area contributed by atoms with Crippen molar-refractivity contribution in [2.75, 3.05) is 20.0 Å². The lowest BCUT2D eigenvalue weighted by molar-refractivity contribution is -0.232. The highest BCUT2D eigenvalue weighted by Crippen LogP contribution is 2.49. The minimum Gasteiger partial charge on any atom is -0.494 e. The van der Waals surface area contributed by atoms with E-state index >= 15 is 0 Å². The Kier molecular flexibility index (Phi) is 6.57. The average Bonchev–Trinajstić information content (AvgIpc) is 3.27. The van der Waals surface area contributed by atoms with Crippen molar-refractivity contribution >= 4 is 11.6 Å². The number of hydrogen-bond acceptors (Lipinski definition) is 8. The first-order chi connectivity index (χ1) is 14.9. The van der Waals surface area contributed by atoms with Gasteiger partial charge in [0.1, 0.15) is 36.3 Å². The molecule has 0 amide bonds. The lowest BCUT2D eigenvalue weighted by Crippen LogP contribution is -2.55. The van der Waals surface area contributed by atoms with E-state index in [2.05, 4.69) is 0 Å². The summed E-state index contributed by atoms with van der Waals surface area (Å²) in [7, 11) is 0. The third-order valence-corrected chi connectivity index (χ3v) is 5.93. The van der Waals surface area contributed by atoms with Crippen LogP contribution in [0.5, 0.6) is 17.2 Å². The first-order valence-corrected chi connectivity index (χ1v) is 10.5. The van der Waals surface area contributed by atoms with E-state index in [1.807, 2.05) is 31.2 Å². The molecule has 0 radical (unpaired) electrons. The lowest BCUT2D eigenvalue weighted by Gasteiger charge is -2.40. The fourth-order valence-electron chi connectivity index (χ4n) is 3.91. The van der Waals surface area contributed by atoms with Gasteiger partial charge in [-0.15, -0.1) is 0 Å². The van der Waals surface area contributed by atoms with Crippen molar-refractivity contribution in [1.29, 1.82) is 0 Å². The van der Waals surface area contributed by atoms with Crippen molar-refractivity contribution < 1.29 is 39.4 Å². The molecule has 0 bridgehead atoms. The summed E-state index contributed by atoms with van der Waals surface area (Å²) in [6.45, 7) is 1.93. The molecule has 0 aliphatic carbocycles. The maximum atomic E-state index is 10.6. The summed E-state index contributed by atoms with van der Waals surface area (Å²) in [5, 5.41) is 40.8. The molecule has 0 aromatic heterocycles. The zero-order valence-corrected chi connectivity index (χ0v) is 17.7. The fourth-order valence-corrected chi connectivity index (χ4v) is 4.17. The maximum Gasteiger partial charge on any atom is 0.231 e. The minimum atomic E-state index is -1.50. The van der Waals surface area contributed by atoms with Crippen molar-refractivity contribution in [1.82, 2.24) is 0 Å². The van der Waals surface area contributed by atoms with Crippen molar-refractivity contribution in [3.05, 3.63) is 52.0 Å². The molecule has 4 rings (SSSR count). The number of aliphatic hydroxyl groups is 4. The average molecular weight is 453 g/mol. The Morgan fingerprint density at radius 3 is 2.42 bits per heavy atom. The molecule has 0 saturated carbocycles. The Bertz CT molecular complexity index is 917. The van der Waals surface area contributed by atoms with Gasteiger partial charge in [-0.1, -0.05) is 23.7 Å². The molecule has 0 spiro atoms. The van der Waals surface area contributed by atoms with Crippen LogP contribution in [0.25, 0.3) is 0 Å². The topological polar surface area (TPSA) is 118 Å². The van der Waals surface area contributed by atoms with Gasteiger partial charge in [-0.05, 0) is 42.7 Å². The Balaban J connectivity index is 1.70. The number of benzene rings is 2. The molecule has 9 heteroatoms. The van der Waals surface area contributed by atoms with E-state index in [1.54, 1.807) is 6.07 Å². The first-order valence-electron chi connectivity index (χ1n) is 10.1. The van der Waals surface area contributed by atoms with Crippen molar-refractivity contribution in [2.24, 2.45) is 0 Å². The number of aliphatic hydroxyl groups excluding tert-OH is 4. The number of hydrogen-bond donors (Lipinski definition) is 4. The summed E-state index contributed by atoms with van der Waals surface area (Å²) in [6.07, 6.45) is -6.01. The van der Waals surface area contributed by atoms with E-state index in [4.69, 9.17) is 30.5 Å². The molecule has 2 aromatic carbocycles. The van der Waals surface area contributed by atoms with E-state index in [-0.39, 0.29) is 6.79 Å². The summed E-state index contributed by atoms with van der Waals surface area (Å²) >= 11 is 6.58. The summed E-state index contributed by atoms with van der Waals surface area (Å²) in [4.78, 5) is 0. The molecule has 1 saturated heterocycles. The Morgan fingerprint density at radius 2 is 1.74 bits per heavy atom. The molecule has 31 heavy (non-hydrogen) atoms. The molecular formula is C22H25ClO8. The normalized spacial score (nSPS) is 27.4. The van der Waals surface area contributed by atoms with Crippen LogP contribution in [0.3, 0.4) is 0 Å². The summed E-state index contributed by atoms with van der Waals surface area (Å²) in [5.74, 6) is 1.41. The number of halogens is 1. The molecule has 168 valence electrons. The lowest BCUT2D eigenvalue weighted by atomic mass is 9.89. The van der Waals surface area contributed by atoms with Gasteiger partial charge < -0.3 is 39.4 Å². The molecule has 5 atom stereocenters. The van der Waals surface area contributed by atoms with Crippen LogP contribution in [0, 0.1) is 0 Å². The highest BCUT2D eigenvalue weighted by atomic mass is 35.5. The second-order valence-electron chi connectivity index (χ2n) is 7.51. The van der Waals surface area contributed by atoms with Crippen LogP contribution >= 0.6 is 11.6 Å². The Morgan fingerprint density at radius 1 is 1.03 bits per heavy atom. The van der Waals surface area contributed by atoms with Crippen LogP contribution in [-0.4, -0.2) is 64.8 Å². The molecule has 4 N–H and O–H groups in total. The Labute approximate surface area is 184 Å². The van der Waals surface area contributed by atoms with Gasteiger partial charge in [0, 0.05) is 5.56 Å². The van der Waals surface area contributed by atoms with Gasteiger partial charge >= 0.3 is 0 Å². The van der Waals surface area contributed by atoms with Gasteiger partial charge in [0.2, 0.25) is 6.79 Å². The second-order valence-corrected chi connectivity index (χ2v) is 7.88. The SMILES string of the molecule is CCOc1ccc(Cc2cc([C@@H]3O[C@H](CO)[C@@H](O)[C@H](O)[C@H]3O)c3c(c2Cl)OCO3)cc1. The Hall–Kier alpha value is -2.07. The van der Waals surface area contributed by atoms with Gasteiger partial charge in [0.15, 0.2) is 11.5 Å². The van der Waals surface area contributed by atoms with E-state index in [0.29, 0.717) is 40.7 Å². The molecular weight excluding hydrogens is 428 g/mol. The predicted molar refractivity (Wildman–Crippen MR) is 111 cm³/mol. The van der Waals surface area contributed by atoms with Crippen LogP contribution in [0.4, 0.5) is 0 Å². The van der Waals surface area contributed by atoms with Crippen LogP contribution < -0.4 is 14.2 Å². The maximum absolute atomic E-state index is 10.6. The second kappa shape index (κ2) is 9.20. The van der Waals surface area contributed by atoms with Crippen molar-refractivity contribution in [3.8, 4) is 17.2 Å². The quantitative estimate of drug-likeness (QED) is 0.521. The fraction of sp³-hybridized carbons (Fsp3) is 0.455. The molecule has 1 fully saturated rings. The highest BCUT2D eigenvalue weighted by molar-refractivity contribution is 6.33. The van der Waals surface area contributed by atoms with E-state index in [9.17, 15) is 20.4 Å². The minimum absolute atomic E-state index is 0.0496. The van der Waals surface area contributed by atoms with Crippen LogP contribution in [0.15, 0.2) is 30.3 Å². The molecule has 0 unspecified atom stereocenters. The zero-order chi connectivity index (χ0) is 22.1.